The monoisotopic (exact) mass is 207 g/mol. The van der Waals surface area contributed by atoms with Crippen LogP contribution in [-0.2, 0) is 6.54 Å². The van der Waals surface area contributed by atoms with Crippen LogP contribution < -0.4 is 11.0 Å². The smallest absolute Gasteiger partial charge is 0.312 e. The van der Waals surface area contributed by atoms with Crippen molar-refractivity contribution in [3.63, 3.8) is 0 Å². The van der Waals surface area contributed by atoms with Gasteiger partial charge in [0.05, 0.1) is 0 Å². The molecule has 1 N–H and O–H groups in total. The summed E-state index contributed by atoms with van der Waals surface area (Å²) < 4.78 is 3.73. The van der Waals surface area contributed by atoms with Gasteiger partial charge in [0.15, 0.2) is 0 Å². The zero-order valence-corrected chi connectivity index (χ0v) is 8.85. The summed E-state index contributed by atoms with van der Waals surface area (Å²) in [5.74, 6) is 0. The van der Waals surface area contributed by atoms with Crippen molar-refractivity contribution in [1.29, 1.82) is 0 Å². The van der Waals surface area contributed by atoms with Crippen molar-refractivity contribution >= 4 is 0 Å². The Bertz CT molecular complexity index is 396. The minimum absolute atomic E-state index is 0.172. The molecule has 1 aromatic heterocycles. The number of imidazole rings is 1. The maximum atomic E-state index is 11.9. The maximum absolute atomic E-state index is 11.9. The Hall–Kier alpha value is -1.03. The first-order valence-electron chi connectivity index (χ1n) is 5.85. The SMILES string of the molecule is O=c1n(C[C@@H]2CCCN2)ccn1C1CC1. The van der Waals surface area contributed by atoms with Crippen LogP contribution >= 0.6 is 0 Å². The lowest BCUT2D eigenvalue weighted by Crippen LogP contribution is -2.32. The Morgan fingerprint density at radius 1 is 1.33 bits per heavy atom. The molecule has 0 spiro atoms. The molecule has 0 radical (unpaired) electrons. The van der Waals surface area contributed by atoms with Crippen LogP contribution in [0.25, 0.3) is 0 Å². The Labute approximate surface area is 88.9 Å². The molecule has 2 aliphatic rings. The van der Waals surface area contributed by atoms with Crippen LogP contribution in [0.3, 0.4) is 0 Å². The van der Waals surface area contributed by atoms with E-state index in [4.69, 9.17) is 0 Å². The summed E-state index contributed by atoms with van der Waals surface area (Å²) in [5.41, 5.74) is 0.172. The van der Waals surface area contributed by atoms with Crippen LogP contribution in [0.2, 0.25) is 0 Å². The molecule has 4 heteroatoms. The first-order valence-corrected chi connectivity index (χ1v) is 5.85. The molecular formula is C11H17N3O. The molecular weight excluding hydrogens is 190 g/mol. The highest BCUT2D eigenvalue weighted by Gasteiger charge is 2.26. The van der Waals surface area contributed by atoms with Crippen LogP contribution in [0.15, 0.2) is 17.2 Å². The van der Waals surface area contributed by atoms with E-state index in [1.54, 1.807) is 0 Å². The summed E-state index contributed by atoms with van der Waals surface area (Å²) in [6, 6.07) is 0.994. The largest absolute Gasteiger partial charge is 0.328 e. The van der Waals surface area contributed by atoms with Crippen LogP contribution in [0.5, 0.6) is 0 Å². The quantitative estimate of drug-likeness (QED) is 0.794. The number of rotatable bonds is 3. The number of hydrogen-bond donors (Lipinski definition) is 1. The highest BCUT2D eigenvalue weighted by Crippen LogP contribution is 2.33. The van der Waals surface area contributed by atoms with Gasteiger partial charge in [-0.15, -0.1) is 0 Å². The lowest BCUT2D eigenvalue weighted by Gasteiger charge is -2.09. The molecule has 1 aromatic rings. The van der Waals surface area contributed by atoms with Crippen molar-refractivity contribution in [2.75, 3.05) is 6.54 Å². The molecule has 4 nitrogen and oxygen atoms in total. The molecule has 1 saturated heterocycles. The van der Waals surface area contributed by atoms with E-state index >= 15 is 0 Å². The van der Waals surface area contributed by atoms with E-state index in [1.165, 1.54) is 25.7 Å². The molecule has 0 aromatic carbocycles. The zero-order valence-electron chi connectivity index (χ0n) is 8.85. The fourth-order valence-electron chi connectivity index (χ4n) is 2.35. The van der Waals surface area contributed by atoms with Crippen LogP contribution in [-0.4, -0.2) is 21.7 Å². The first kappa shape index (κ1) is 9.21. The summed E-state index contributed by atoms with van der Waals surface area (Å²) in [5, 5.41) is 3.42. The average Bonchev–Trinajstić information content (AvgIpc) is 2.83. The van der Waals surface area contributed by atoms with Gasteiger partial charge in [-0.25, -0.2) is 4.79 Å². The van der Waals surface area contributed by atoms with Gasteiger partial charge in [-0.2, -0.15) is 0 Å². The minimum Gasteiger partial charge on any atom is -0.312 e. The van der Waals surface area contributed by atoms with E-state index in [0.717, 1.165) is 13.1 Å². The summed E-state index contributed by atoms with van der Waals surface area (Å²) >= 11 is 0. The van der Waals surface area contributed by atoms with Gasteiger partial charge in [0.1, 0.15) is 0 Å². The van der Waals surface area contributed by atoms with Crippen molar-refractivity contribution < 1.29 is 0 Å². The van der Waals surface area contributed by atoms with Crippen molar-refractivity contribution in [3.05, 3.63) is 22.9 Å². The average molecular weight is 207 g/mol. The second-order valence-corrected chi connectivity index (χ2v) is 4.66. The van der Waals surface area contributed by atoms with Crippen molar-refractivity contribution in [3.8, 4) is 0 Å². The fraction of sp³-hybridized carbons (Fsp3) is 0.727. The Morgan fingerprint density at radius 3 is 2.87 bits per heavy atom. The molecule has 0 bridgehead atoms. The van der Waals surface area contributed by atoms with Crippen LogP contribution in [0.4, 0.5) is 0 Å². The fourth-order valence-corrected chi connectivity index (χ4v) is 2.35. The Balaban J connectivity index is 1.76. The molecule has 1 aliphatic carbocycles. The lowest BCUT2D eigenvalue weighted by molar-refractivity contribution is 0.492. The van der Waals surface area contributed by atoms with Crippen LogP contribution in [0, 0.1) is 0 Å². The van der Waals surface area contributed by atoms with Gasteiger partial charge in [0.25, 0.3) is 0 Å². The third-order valence-electron chi connectivity index (χ3n) is 3.39. The molecule has 2 heterocycles. The van der Waals surface area contributed by atoms with Gasteiger partial charge in [0, 0.05) is 31.0 Å². The molecule has 82 valence electrons. The van der Waals surface area contributed by atoms with E-state index in [1.807, 2.05) is 21.5 Å². The van der Waals surface area contributed by atoms with Gasteiger partial charge in [-0.3, -0.25) is 9.13 Å². The normalized spacial score (nSPS) is 26.0. The number of hydrogen-bond acceptors (Lipinski definition) is 2. The maximum Gasteiger partial charge on any atom is 0.328 e. The lowest BCUT2D eigenvalue weighted by atomic mass is 10.2. The molecule has 2 fully saturated rings. The van der Waals surface area contributed by atoms with Gasteiger partial charge in [-0.05, 0) is 32.2 Å². The van der Waals surface area contributed by atoms with Gasteiger partial charge in [0.2, 0.25) is 0 Å². The predicted octanol–water partition coefficient (Wildman–Crippen LogP) is 0.737. The number of nitrogens with one attached hydrogen (secondary N) is 1. The molecule has 0 amide bonds. The Morgan fingerprint density at radius 2 is 2.20 bits per heavy atom. The van der Waals surface area contributed by atoms with E-state index in [0.29, 0.717) is 12.1 Å². The molecule has 15 heavy (non-hydrogen) atoms. The van der Waals surface area contributed by atoms with E-state index < -0.39 is 0 Å². The second kappa shape index (κ2) is 3.52. The van der Waals surface area contributed by atoms with E-state index in [9.17, 15) is 4.79 Å². The van der Waals surface area contributed by atoms with E-state index in [2.05, 4.69) is 5.32 Å². The number of aromatic nitrogens is 2. The summed E-state index contributed by atoms with van der Waals surface area (Å²) in [6.07, 6.45) is 8.65. The Kier molecular flexibility index (Phi) is 2.16. The standard InChI is InChI=1S/C11H17N3O/c15-11-13(8-9-2-1-5-12-9)6-7-14(11)10-3-4-10/h6-7,9-10,12H,1-5,8H2/t9-/m0/s1. The van der Waals surface area contributed by atoms with Crippen LogP contribution in [0.1, 0.15) is 31.7 Å². The summed E-state index contributed by atoms with van der Waals surface area (Å²) in [4.78, 5) is 11.9. The van der Waals surface area contributed by atoms with E-state index in [-0.39, 0.29) is 5.69 Å². The van der Waals surface area contributed by atoms with Crippen molar-refractivity contribution in [1.82, 2.24) is 14.5 Å². The topological polar surface area (TPSA) is 39.0 Å². The molecule has 1 saturated carbocycles. The second-order valence-electron chi connectivity index (χ2n) is 4.66. The third-order valence-corrected chi connectivity index (χ3v) is 3.39. The molecule has 1 aliphatic heterocycles. The predicted molar refractivity (Wildman–Crippen MR) is 58.0 cm³/mol. The van der Waals surface area contributed by atoms with Gasteiger partial charge < -0.3 is 5.32 Å². The molecule has 3 rings (SSSR count). The highest BCUT2D eigenvalue weighted by atomic mass is 16.1. The van der Waals surface area contributed by atoms with Crippen molar-refractivity contribution in [2.45, 2.75) is 44.3 Å². The minimum atomic E-state index is 0.172. The highest BCUT2D eigenvalue weighted by molar-refractivity contribution is 4.92. The van der Waals surface area contributed by atoms with Gasteiger partial charge in [-0.1, -0.05) is 0 Å². The first-order chi connectivity index (χ1) is 7.34. The molecule has 0 unspecified atom stereocenters. The number of nitrogens with zero attached hydrogens (tertiary/aromatic N) is 2. The summed E-state index contributed by atoms with van der Waals surface area (Å²) in [7, 11) is 0. The summed E-state index contributed by atoms with van der Waals surface area (Å²) in [6.45, 7) is 1.93. The third kappa shape index (κ3) is 1.74. The molecule has 1 atom stereocenters. The zero-order chi connectivity index (χ0) is 10.3. The van der Waals surface area contributed by atoms with Gasteiger partial charge >= 0.3 is 5.69 Å². The van der Waals surface area contributed by atoms with Crippen molar-refractivity contribution in [2.24, 2.45) is 0 Å².